The van der Waals surface area contributed by atoms with Gasteiger partial charge in [0.1, 0.15) is 0 Å². The normalized spacial score (nSPS) is 22.2. The van der Waals surface area contributed by atoms with Gasteiger partial charge in [-0.15, -0.1) is 0 Å². The lowest BCUT2D eigenvalue weighted by Crippen LogP contribution is -2.34. The van der Waals surface area contributed by atoms with Crippen molar-refractivity contribution in [1.82, 2.24) is 0 Å². The van der Waals surface area contributed by atoms with E-state index >= 15 is 0 Å². The molecular formula is C33H34. The first-order valence-electron chi connectivity index (χ1n) is 12.8. The molecule has 0 heterocycles. The maximum Gasteiger partial charge on any atom is 0.0261 e. The summed E-state index contributed by atoms with van der Waals surface area (Å²) in [5.41, 5.74) is 16.3. The van der Waals surface area contributed by atoms with Crippen LogP contribution in [0.5, 0.6) is 0 Å². The molecule has 0 amide bonds. The van der Waals surface area contributed by atoms with Gasteiger partial charge in [-0.3, -0.25) is 0 Å². The summed E-state index contributed by atoms with van der Waals surface area (Å²) >= 11 is 0. The van der Waals surface area contributed by atoms with E-state index in [-0.39, 0.29) is 5.41 Å². The van der Waals surface area contributed by atoms with Crippen LogP contribution in [0.3, 0.4) is 0 Å². The minimum absolute atomic E-state index is 0.00376. The standard InChI is InChI=1S/C33H34/c1-5-6-13-26-20-19-25-12-9-16-29-30-27-14-7-10-23(21(27)2)17-18-24-11-8-15-28(22(24)3)32(30)33(26,4)31(25)29/h7-12,14-16,19-20,26H,5-6,13,17-18H2,1-4H3/t26-,33+/m1/s1. The molecule has 0 heteroatoms. The van der Waals surface area contributed by atoms with Crippen LogP contribution in [-0.4, -0.2) is 0 Å². The third kappa shape index (κ3) is 2.83. The van der Waals surface area contributed by atoms with E-state index < -0.39 is 0 Å². The van der Waals surface area contributed by atoms with Gasteiger partial charge < -0.3 is 0 Å². The molecule has 4 bridgehead atoms. The lowest BCUT2D eigenvalue weighted by atomic mass is 9.62. The van der Waals surface area contributed by atoms with Gasteiger partial charge in [-0.05, 0) is 100 Å². The molecule has 0 N–H and O–H groups in total. The van der Waals surface area contributed by atoms with Gasteiger partial charge in [-0.25, -0.2) is 0 Å². The lowest BCUT2D eigenvalue weighted by Gasteiger charge is -2.41. The predicted molar refractivity (Wildman–Crippen MR) is 142 cm³/mol. The molecule has 0 unspecified atom stereocenters. The van der Waals surface area contributed by atoms with Gasteiger partial charge in [0.05, 0.1) is 0 Å². The maximum absolute atomic E-state index is 2.55. The van der Waals surface area contributed by atoms with Crippen LogP contribution in [0.25, 0.3) is 17.2 Å². The zero-order valence-corrected chi connectivity index (χ0v) is 20.5. The van der Waals surface area contributed by atoms with E-state index in [0.29, 0.717) is 5.92 Å². The summed E-state index contributed by atoms with van der Waals surface area (Å²) in [7, 11) is 0. The molecule has 0 aromatic heterocycles. The highest BCUT2D eigenvalue weighted by Gasteiger charge is 2.49. The van der Waals surface area contributed by atoms with E-state index in [1.54, 1.807) is 11.1 Å². The van der Waals surface area contributed by atoms with Crippen LogP contribution in [-0.2, 0) is 18.3 Å². The van der Waals surface area contributed by atoms with Crippen molar-refractivity contribution in [2.24, 2.45) is 5.92 Å². The fourth-order valence-corrected chi connectivity index (χ4v) is 7.02. The highest BCUT2D eigenvalue weighted by molar-refractivity contribution is 6.10. The molecule has 3 aliphatic carbocycles. The molecule has 0 saturated heterocycles. The largest absolute Gasteiger partial charge is 0.0796 e. The van der Waals surface area contributed by atoms with Crippen molar-refractivity contribution in [2.45, 2.75) is 65.2 Å². The SMILES string of the molecule is CCCC[C@@H]1C=Cc2cccc3c2[C@@]1(C)C1=C3c2cccc(c2C)CCc2cccc1c2C. The number of rotatable bonds is 3. The Balaban J connectivity index is 1.77. The van der Waals surface area contributed by atoms with Gasteiger partial charge in [-0.2, -0.15) is 0 Å². The van der Waals surface area contributed by atoms with Gasteiger partial charge in [0.2, 0.25) is 0 Å². The average Bonchev–Trinajstić information content (AvgIpc) is 3.09. The van der Waals surface area contributed by atoms with Gasteiger partial charge in [0, 0.05) is 5.41 Å². The van der Waals surface area contributed by atoms with Crippen molar-refractivity contribution < 1.29 is 0 Å². The summed E-state index contributed by atoms with van der Waals surface area (Å²) in [6.45, 7) is 9.59. The van der Waals surface area contributed by atoms with Crippen molar-refractivity contribution in [3.05, 3.63) is 111 Å². The van der Waals surface area contributed by atoms with Crippen molar-refractivity contribution in [2.75, 3.05) is 0 Å². The quantitative estimate of drug-likeness (QED) is 0.391. The summed E-state index contributed by atoms with van der Waals surface area (Å²) in [4.78, 5) is 0. The van der Waals surface area contributed by atoms with Crippen molar-refractivity contribution in [1.29, 1.82) is 0 Å². The first-order chi connectivity index (χ1) is 16.1. The first-order valence-corrected chi connectivity index (χ1v) is 12.8. The van der Waals surface area contributed by atoms with E-state index in [1.165, 1.54) is 69.3 Å². The summed E-state index contributed by atoms with van der Waals surface area (Å²) < 4.78 is 0. The van der Waals surface area contributed by atoms with Crippen LogP contribution in [0.15, 0.2) is 60.7 Å². The Hall–Kier alpha value is -2.86. The Morgan fingerprint density at radius 2 is 1.45 bits per heavy atom. The van der Waals surface area contributed by atoms with Crippen molar-refractivity contribution in [3.63, 3.8) is 0 Å². The zero-order chi connectivity index (χ0) is 22.7. The number of hydrogen-bond acceptors (Lipinski definition) is 0. The van der Waals surface area contributed by atoms with Crippen molar-refractivity contribution >= 4 is 17.2 Å². The Bertz CT molecular complexity index is 1330. The Morgan fingerprint density at radius 3 is 2.18 bits per heavy atom. The van der Waals surface area contributed by atoms with E-state index in [9.17, 15) is 0 Å². The van der Waals surface area contributed by atoms with Crippen LogP contribution >= 0.6 is 0 Å². The lowest BCUT2D eigenvalue weighted by molar-refractivity contribution is 0.405. The number of aryl methyl sites for hydroxylation is 2. The van der Waals surface area contributed by atoms with Gasteiger partial charge in [0.15, 0.2) is 0 Å². The summed E-state index contributed by atoms with van der Waals surface area (Å²) in [6.07, 6.45) is 10.9. The molecule has 0 saturated carbocycles. The van der Waals surface area contributed by atoms with Crippen LogP contribution in [0, 0.1) is 19.8 Å². The molecule has 3 aromatic rings. The molecule has 33 heavy (non-hydrogen) atoms. The Kier molecular flexibility index (Phi) is 4.77. The van der Waals surface area contributed by atoms with Gasteiger partial charge in [-0.1, -0.05) is 93.4 Å². The van der Waals surface area contributed by atoms with Crippen LogP contribution in [0.2, 0.25) is 0 Å². The van der Waals surface area contributed by atoms with E-state index in [0.717, 1.165) is 12.8 Å². The second kappa shape index (κ2) is 7.59. The third-order valence-electron chi connectivity index (χ3n) is 8.87. The second-order valence-electron chi connectivity index (χ2n) is 10.5. The molecule has 3 aliphatic rings. The molecule has 2 atom stereocenters. The molecular weight excluding hydrogens is 396 g/mol. The van der Waals surface area contributed by atoms with Crippen LogP contribution < -0.4 is 0 Å². The van der Waals surface area contributed by atoms with Crippen molar-refractivity contribution in [3.8, 4) is 0 Å². The fourth-order valence-electron chi connectivity index (χ4n) is 7.02. The first kappa shape index (κ1) is 20.7. The van der Waals surface area contributed by atoms with E-state index in [1.807, 2.05) is 0 Å². The number of unbranched alkanes of at least 4 members (excludes halogenated alkanes) is 1. The smallest absolute Gasteiger partial charge is 0.0261 e. The molecule has 0 spiro atoms. The van der Waals surface area contributed by atoms with E-state index in [2.05, 4.69) is 94.4 Å². The number of fused-ring (bicyclic) bond motifs is 8. The maximum atomic E-state index is 2.55. The van der Waals surface area contributed by atoms with Gasteiger partial charge in [0.25, 0.3) is 0 Å². The monoisotopic (exact) mass is 430 g/mol. The molecule has 166 valence electrons. The summed E-state index contributed by atoms with van der Waals surface area (Å²) in [5.74, 6) is 0.521. The molecule has 0 radical (unpaired) electrons. The average molecular weight is 431 g/mol. The molecule has 6 rings (SSSR count). The summed E-state index contributed by atoms with van der Waals surface area (Å²) in [5, 5.41) is 0. The fraction of sp³-hybridized carbons (Fsp3) is 0.333. The second-order valence-corrected chi connectivity index (χ2v) is 10.5. The van der Waals surface area contributed by atoms with Gasteiger partial charge >= 0.3 is 0 Å². The van der Waals surface area contributed by atoms with Crippen LogP contribution in [0.1, 0.15) is 83.2 Å². The number of allylic oxidation sites excluding steroid dienone is 2. The summed E-state index contributed by atoms with van der Waals surface area (Å²) in [6, 6.07) is 21.1. The third-order valence-corrected chi connectivity index (χ3v) is 8.87. The number of hydrogen-bond donors (Lipinski definition) is 0. The highest BCUT2D eigenvalue weighted by atomic mass is 14.5. The zero-order valence-electron chi connectivity index (χ0n) is 20.5. The minimum atomic E-state index is -0.00376. The Labute approximate surface area is 199 Å². The molecule has 3 aromatic carbocycles. The topological polar surface area (TPSA) is 0 Å². The molecule has 0 fully saturated rings. The van der Waals surface area contributed by atoms with Crippen LogP contribution in [0.4, 0.5) is 0 Å². The highest BCUT2D eigenvalue weighted by Crippen LogP contribution is 2.61. The molecule has 0 aliphatic heterocycles. The minimum Gasteiger partial charge on any atom is -0.0796 e. The Morgan fingerprint density at radius 1 is 0.818 bits per heavy atom. The van der Waals surface area contributed by atoms with E-state index in [4.69, 9.17) is 0 Å². The predicted octanol–water partition coefficient (Wildman–Crippen LogP) is 8.47. The number of benzene rings is 3. The molecule has 0 nitrogen and oxygen atoms in total.